The van der Waals surface area contributed by atoms with Gasteiger partial charge in [0.15, 0.2) is 0 Å². The predicted molar refractivity (Wildman–Crippen MR) is 78.0 cm³/mol. The van der Waals surface area contributed by atoms with Gasteiger partial charge >= 0.3 is 0 Å². The number of hydrogen-bond acceptors (Lipinski definition) is 5. The second-order valence-electron chi connectivity index (χ2n) is 4.82. The minimum atomic E-state index is -3.50. The van der Waals surface area contributed by atoms with Crippen LogP contribution in [0.15, 0.2) is 23.1 Å². The number of sulfonamides is 1. The van der Waals surface area contributed by atoms with Crippen molar-refractivity contribution in [3.8, 4) is 0 Å². The van der Waals surface area contributed by atoms with Gasteiger partial charge in [-0.2, -0.15) is 0 Å². The molecule has 0 aliphatic carbocycles. The number of rotatable bonds is 5. The topological polar surface area (TPSA) is 84.7 Å². The van der Waals surface area contributed by atoms with Crippen LogP contribution in [-0.4, -0.2) is 52.7 Å². The van der Waals surface area contributed by atoms with Crippen molar-refractivity contribution >= 4 is 15.7 Å². The maximum absolute atomic E-state index is 12.2. The number of morpholine rings is 1. The van der Waals surface area contributed by atoms with Crippen molar-refractivity contribution in [2.45, 2.75) is 11.8 Å². The van der Waals surface area contributed by atoms with Crippen LogP contribution in [0.3, 0.4) is 0 Å². The summed E-state index contributed by atoms with van der Waals surface area (Å²) >= 11 is 0. The molecule has 1 saturated heterocycles. The van der Waals surface area contributed by atoms with Crippen LogP contribution >= 0.6 is 0 Å². The molecular formula is C13H21N3O3S. The van der Waals surface area contributed by atoms with E-state index in [2.05, 4.69) is 9.62 Å². The molecule has 0 amide bonds. The predicted octanol–water partition coefficient (Wildman–Crippen LogP) is 0.188. The molecule has 0 saturated carbocycles. The number of nitrogens with two attached hydrogens (primary N) is 1. The highest BCUT2D eigenvalue weighted by Gasteiger charge is 2.18. The highest BCUT2D eigenvalue weighted by Crippen LogP contribution is 2.19. The minimum Gasteiger partial charge on any atom is -0.398 e. The van der Waals surface area contributed by atoms with Crippen molar-refractivity contribution in [2.75, 3.05) is 45.1 Å². The van der Waals surface area contributed by atoms with Crippen molar-refractivity contribution in [3.63, 3.8) is 0 Å². The summed E-state index contributed by atoms with van der Waals surface area (Å²) in [6, 6.07) is 4.92. The fourth-order valence-corrected chi connectivity index (χ4v) is 3.46. The van der Waals surface area contributed by atoms with Crippen LogP contribution in [0.2, 0.25) is 0 Å². The molecular weight excluding hydrogens is 278 g/mol. The van der Waals surface area contributed by atoms with Crippen molar-refractivity contribution < 1.29 is 13.2 Å². The zero-order valence-corrected chi connectivity index (χ0v) is 12.4. The van der Waals surface area contributed by atoms with Gasteiger partial charge in [0.25, 0.3) is 0 Å². The molecule has 1 aromatic rings. The van der Waals surface area contributed by atoms with Crippen molar-refractivity contribution in [3.05, 3.63) is 23.8 Å². The summed E-state index contributed by atoms with van der Waals surface area (Å²) in [4.78, 5) is 2.43. The quantitative estimate of drug-likeness (QED) is 0.758. The molecule has 1 heterocycles. The van der Waals surface area contributed by atoms with Crippen LogP contribution in [0.25, 0.3) is 0 Å². The molecule has 1 fully saturated rings. The molecule has 0 unspecified atom stereocenters. The molecule has 2 rings (SSSR count). The Morgan fingerprint density at radius 3 is 2.75 bits per heavy atom. The number of benzene rings is 1. The van der Waals surface area contributed by atoms with E-state index >= 15 is 0 Å². The average Bonchev–Trinajstić information content (AvgIpc) is 2.42. The van der Waals surface area contributed by atoms with E-state index < -0.39 is 10.0 Å². The summed E-state index contributed by atoms with van der Waals surface area (Å²) in [6.07, 6.45) is 0. The van der Waals surface area contributed by atoms with E-state index in [9.17, 15) is 8.42 Å². The summed E-state index contributed by atoms with van der Waals surface area (Å²) in [5.74, 6) is 0. The lowest BCUT2D eigenvalue weighted by molar-refractivity contribution is 0.0390. The average molecular weight is 299 g/mol. The number of ether oxygens (including phenoxy) is 1. The molecule has 1 aliphatic rings. The van der Waals surface area contributed by atoms with E-state index in [1.807, 2.05) is 0 Å². The van der Waals surface area contributed by atoms with E-state index in [0.29, 0.717) is 37.6 Å². The molecule has 7 heteroatoms. The van der Waals surface area contributed by atoms with Crippen molar-refractivity contribution in [1.82, 2.24) is 9.62 Å². The van der Waals surface area contributed by atoms with Gasteiger partial charge in [-0.15, -0.1) is 0 Å². The zero-order chi connectivity index (χ0) is 14.6. The lowest BCUT2D eigenvalue weighted by Crippen LogP contribution is -2.41. The van der Waals surface area contributed by atoms with Gasteiger partial charge in [0.1, 0.15) is 0 Å². The first-order valence-corrected chi connectivity index (χ1v) is 8.14. The number of hydrogen-bond donors (Lipinski definition) is 2. The third-order valence-corrected chi connectivity index (χ3v) is 5.04. The molecule has 0 radical (unpaired) electrons. The van der Waals surface area contributed by atoms with Crippen molar-refractivity contribution in [2.24, 2.45) is 0 Å². The van der Waals surface area contributed by atoms with Gasteiger partial charge in [-0.3, -0.25) is 4.90 Å². The minimum absolute atomic E-state index is 0.250. The molecule has 1 aliphatic heterocycles. The van der Waals surface area contributed by atoms with Gasteiger partial charge in [-0.25, -0.2) is 13.1 Å². The Kier molecular flexibility index (Phi) is 4.98. The van der Waals surface area contributed by atoms with Gasteiger partial charge in [-0.1, -0.05) is 6.07 Å². The van der Waals surface area contributed by atoms with Crippen LogP contribution in [0.4, 0.5) is 5.69 Å². The Balaban J connectivity index is 1.95. The Morgan fingerprint density at radius 2 is 2.05 bits per heavy atom. The standard InChI is InChI=1S/C13H21N3O3S/c1-11-12(14)3-2-4-13(11)20(17,18)15-5-6-16-7-9-19-10-8-16/h2-4,15H,5-10,14H2,1H3. The molecule has 3 N–H and O–H groups in total. The number of nitrogens with zero attached hydrogens (tertiary/aromatic N) is 1. The second kappa shape index (κ2) is 6.53. The Bertz CT molecular complexity index is 554. The van der Waals surface area contributed by atoms with E-state index in [1.54, 1.807) is 25.1 Å². The third-order valence-electron chi connectivity index (χ3n) is 3.44. The van der Waals surface area contributed by atoms with Crippen LogP contribution in [0.1, 0.15) is 5.56 Å². The molecule has 0 aromatic heterocycles. The normalized spacial score (nSPS) is 17.2. The summed E-state index contributed by atoms with van der Waals surface area (Å²) in [6.45, 7) is 5.90. The third kappa shape index (κ3) is 3.69. The van der Waals surface area contributed by atoms with Crippen LogP contribution in [0, 0.1) is 6.92 Å². The summed E-state index contributed by atoms with van der Waals surface area (Å²) in [5.41, 5.74) is 6.82. The molecule has 0 spiro atoms. The van der Waals surface area contributed by atoms with E-state index in [-0.39, 0.29) is 4.90 Å². The first-order chi connectivity index (χ1) is 9.50. The number of nitrogens with one attached hydrogen (secondary N) is 1. The largest absolute Gasteiger partial charge is 0.398 e. The highest BCUT2D eigenvalue weighted by molar-refractivity contribution is 7.89. The SMILES string of the molecule is Cc1c(N)cccc1S(=O)(=O)NCCN1CCOCC1. The van der Waals surface area contributed by atoms with Gasteiger partial charge in [0.2, 0.25) is 10.0 Å². The first kappa shape index (κ1) is 15.2. The molecule has 0 atom stereocenters. The summed E-state index contributed by atoms with van der Waals surface area (Å²) in [5, 5.41) is 0. The molecule has 112 valence electrons. The molecule has 20 heavy (non-hydrogen) atoms. The van der Waals surface area contributed by atoms with E-state index in [4.69, 9.17) is 10.5 Å². The maximum atomic E-state index is 12.2. The van der Waals surface area contributed by atoms with Gasteiger partial charge < -0.3 is 10.5 Å². The summed E-state index contributed by atoms with van der Waals surface area (Å²) in [7, 11) is -3.50. The lowest BCUT2D eigenvalue weighted by atomic mass is 10.2. The van der Waals surface area contributed by atoms with Gasteiger partial charge in [-0.05, 0) is 24.6 Å². The Labute approximate surface area is 120 Å². The smallest absolute Gasteiger partial charge is 0.240 e. The summed E-state index contributed by atoms with van der Waals surface area (Å²) < 4.78 is 32.3. The fraction of sp³-hybridized carbons (Fsp3) is 0.538. The fourth-order valence-electron chi connectivity index (χ4n) is 2.16. The molecule has 0 bridgehead atoms. The van der Waals surface area contributed by atoms with Gasteiger partial charge in [0, 0.05) is 31.9 Å². The first-order valence-electron chi connectivity index (χ1n) is 6.65. The van der Waals surface area contributed by atoms with E-state index in [0.717, 1.165) is 13.1 Å². The van der Waals surface area contributed by atoms with Crippen LogP contribution < -0.4 is 10.5 Å². The van der Waals surface area contributed by atoms with E-state index in [1.165, 1.54) is 0 Å². The number of nitrogen functional groups attached to an aromatic ring is 1. The Morgan fingerprint density at radius 1 is 1.35 bits per heavy atom. The second-order valence-corrected chi connectivity index (χ2v) is 6.56. The zero-order valence-electron chi connectivity index (χ0n) is 11.6. The lowest BCUT2D eigenvalue weighted by Gasteiger charge is -2.26. The maximum Gasteiger partial charge on any atom is 0.240 e. The highest BCUT2D eigenvalue weighted by atomic mass is 32.2. The monoisotopic (exact) mass is 299 g/mol. The molecule has 6 nitrogen and oxygen atoms in total. The van der Waals surface area contributed by atoms with Crippen molar-refractivity contribution in [1.29, 1.82) is 0 Å². The number of anilines is 1. The van der Waals surface area contributed by atoms with Crippen LogP contribution in [-0.2, 0) is 14.8 Å². The van der Waals surface area contributed by atoms with Gasteiger partial charge in [0.05, 0.1) is 18.1 Å². The Hall–Kier alpha value is -1.15. The molecule has 1 aromatic carbocycles. The van der Waals surface area contributed by atoms with Crippen LogP contribution in [0.5, 0.6) is 0 Å².